The largest absolute Gasteiger partial charge is 0.435 e. The number of hydrogen-bond donors (Lipinski definition) is 0. The second kappa shape index (κ2) is 7.37. The summed E-state index contributed by atoms with van der Waals surface area (Å²) >= 11 is 0. The number of nitrogens with zero attached hydrogens (tertiary/aromatic N) is 1. The fourth-order valence-electron chi connectivity index (χ4n) is 2.37. The highest BCUT2D eigenvalue weighted by Crippen LogP contribution is 2.27. The molecule has 0 unspecified atom stereocenters. The van der Waals surface area contributed by atoms with E-state index in [9.17, 15) is 17.2 Å². The molecule has 2 rings (SSSR count). The van der Waals surface area contributed by atoms with Crippen molar-refractivity contribution in [2.75, 3.05) is 25.4 Å². The first-order valence-electron chi connectivity index (χ1n) is 7.06. The standard InChI is InChI=1S/C15H19F2NO4S/c1-11(2)10-23(19,20)18-6-7-21-14(9-18)12-4-3-5-13(8-12)22-15(16)17/h3-5,8,14-15H,1,6-7,9-10H2,2H3/t14-/m0/s1. The molecule has 0 amide bonds. The van der Waals surface area contributed by atoms with Gasteiger partial charge in [0.05, 0.1) is 18.5 Å². The van der Waals surface area contributed by atoms with Crippen LogP contribution in [-0.4, -0.2) is 44.8 Å². The van der Waals surface area contributed by atoms with Gasteiger partial charge in [-0.15, -0.1) is 0 Å². The van der Waals surface area contributed by atoms with Crippen LogP contribution in [0.5, 0.6) is 5.75 Å². The van der Waals surface area contributed by atoms with Crippen LogP contribution >= 0.6 is 0 Å². The summed E-state index contributed by atoms with van der Waals surface area (Å²) in [7, 11) is -3.45. The molecule has 0 N–H and O–H groups in total. The van der Waals surface area contributed by atoms with Crippen molar-refractivity contribution in [3.63, 3.8) is 0 Å². The third kappa shape index (κ3) is 4.98. The van der Waals surface area contributed by atoms with Crippen LogP contribution in [0.25, 0.3) is 0 Å². The van der Waals surface area contributed by atoms with Gasteiger partial charge in [-0.05, 0) is 24.6 Å². The van der Waals surface area contributed by atoms with Crippen molar-refractivity contribution >= 4 is 10.0 Å². The quantitative estimate of drug-likeness (QED) is 0.742. The van der Waals surface area contributed by atoms with Gasteiger partial charge in [-0.25, -0.2) is 8.42 Å². The third-order valence-corrected chi connectivity index (χ3v) is 5.28. The predicted octanol–water partition coefficient (Wildman–Crippen LogP) is 2.57. The van der Waals surface area contributed by atoms with Crippen molar-refractivity contribution in [3.05, 3.63) is 42.0 Å². The Balaban J connectivity index is 2.13. The van der Waals surface area contributed by atoms with Crippen molar-refractivity contribution in [2.24, 2.45) is 0 Å². The Morgan fingerprint density at radius 3 is 2.91 bits per heavy atom. The van der Waals surface area contributed by atoms with Gasteiger partial charge < -0.3 is 9.47 Å². The van der Waals surface area contributed by atoms with Crippen molar-refractivity contribution in [2.45, 2.75) is 19.6 Å². The van der Waals surface area contributed by atoms with Gasteiger partial charge >= 0.3 is 6.61 Å². The topological polar surface area (TPSA) is 55.8 Å². The summed E-state index contributed by atoms with van der Waals surface area (Å²) in [4.78, 5) is 0. The Bertz CT molecular complexity index is 663. The van der Waals surface area contributed by atoms with E-state index in [1.807, 2.05) is 0 Å². The van der Waals surface area contributed by atoms with Gasteiger partial charge in [0.1, 0.15) is 5.75 Å². The predicted molar refractivity (Wildman–Crippen MR) is 81.9 cm³/mol. The molecule has 128 valence electrons. The average molecular weight is 347 g/mol. The van der Waals surface area contributed by atoms with Crippen molar-refractivity contribution in [1.29, 1.82) is 0 Å². The van der Waals surface area contributed by atoms with E-state index in [1.165, 1.54) is 16.4 Å². The molecule has 1 fully saturated rings. The number of ether oxygens (including phenoxy) is 2. The smallest absolute Gasteiger partial charge is 0.387 e. The zero-order valence-corrected chi connectivity index (χ0v) is 13.6. The van der Waals surface area contributed by atoms with Crippen LogP contribution in [0.1, 0.15) is 18.6 Å². The van der Waals surface area contributed by atoms with Crippen LogP contribution in [0.2, 0.25) is 0 Å². The van der Waals surface area contributed by atoms with Crippen LogP contribution in [0, 0.1) is 0 Å². The number of benzene rings is 1. The molecule has 1 aromatic carbocycles. The van der Waals surface area contributed by atoms with Gasteiger partial charge in [-0.3, -0.25) is 0 Å². The van der Waals surface area contributed by atoms with E-state index in [2.05, 4.69) is 11.3 Å². The first-order chi connectivity index (χ1) is 10.8. The molecule has 1 saturated heterocycles. The summed E-state index contributed by atoms with van der Waals surface area (Å²) in [6, 6.07) is 6.11. The Hall–Kier alpha value is -1.51. The first-order valence-corrected chi connectivity index (χ1v) is 8.67. The second-order valence-corrected chi connectivity index (χ2v) is 7.35. The molecule has 1 heterocycles. The van der Waals surface area contributed by atoms with Crippen LogP contribution in [0.15, 0.2) is 36.4 Å². The molecule has 8 heteroatoms. The Morgan fingerprint density at radius 1 is 1.52 bits per heavy atom. The average Bonchev–Trinajstić information content (AvgIpc) is 2.46. The molecule has 1 aromatic rings. The SMILES string of the molecule is C=C(C)CS(=O)(=O)N1CCO[C@H](c2cccc(OC(F)F)c2)C1. The van der Waals surface area contributed by atoms with E-state index in [0.29, 0.717) is 11.1 Å². The Morgan fingerprint density at radius 2 is 2.26 bits per heavy atom. The summed E-state index contributed by atoms with van der Waals surface area (Å²) in [6.07, 6.45) is -0.523. The summed E-state index contributed by atoms with van der Waals surface area (Å²) in [5.74, 6) is -0.100. The lowest BCUT2D eigenvalue weighted by Gasteiger charge is -2.32. The zero-order valence-electron chi connectivity index (χ0n) is 12.7. The van der Waals surface area contributed by atoms with Gasteiger partial charge in [0.15, 0.2) is 0 Å². The maximum atomic E-state index is 12.3. The van der Waals surface area contributed by atoms with Gasteiger partial charge in [0.25, 0.3) is 0 Å². The number of morpholine rings is 1. The van der Waals surface area contributed by atoms with Gasteiger partial charge in [-0.1, -0.05) is 24.3 Å². The summed E-state index contributed by atoms with van der Waals surface area (Å²) in [6.45, 7) is 3.00. The molecule has 1 aliphatic rings. The lowest BCUT2D eigenvalue weighted by molar-refractivity contribution is -0.0502. The van der Waals surface area contributed by atoms with E-state index in [4.69, 9.17) is 4.74 Å². The van der Waals surface area contributed by atoms with E-state index in [-0.39, 0.29) is 31.2 Å². The molecule has 1 aliphatic heterocycles. The lowest BCUT2D eigenvalue weighted by Crippen LogP contribution is -2.43. The Kier molecular flexibility index (Phi) is 5.72. The third-order valence-electron chi connectivity index (χ3n) is 3.31. The normalized spacial score (nSPS) is 19.7. The Labute approximate surface area is 134 Å². The van der Waals surface area contributed by atoms with E-state index in [0.717, 1.165) is 0 Å². The second-order valence-electron chi connectivity index (χ2n) is 5.38. The number of hydrogen-bond acceptors (Lipinski definition) is 4. The van der Waals surface area contributed by atoms with Crippen molar-refractivity contribution < 1.29 is 26.7 Å². The van der Waals surface area contributed by atoms with Crippen LogP contribution in [0.4, 0.5) is 8.78 Å². The number of alkyl halides is 2. The number of rotatable bonds is 6. The van der Waals surface area contributed by atoms with Crippen molar-refractivity contribution in [3.8, 4) is 5.75 Å². The maximum Gasteiger partial charge on any atom is 0.387 e. The van der Waals surface area contributed by atoms with Crippen molar-refractivity contribution in [1.82, 2.24) is 4.31 Å². The summed E-state index contributed by atoms with van der Waals surface area (Å²) in [5.41, 5.74) is 1.15. The molecule has 0 bridgehead atoms. The molecule has 0 spiro atoms. The molecule has 1 atom stereocenters. The molecule has 5 nitrogen and oxygen atoms in total. The van der Waals surface area contributed by atoms with Crippen LogP contribution in [0.3, 0.4) is 0 Å². The van der Waals surface area contributed by atoms with E-state index in [1.54, 1.807) is 19.1 Å². The van der Waals surface area contributed by atoms with Gasteiger partial charge in [0, 0.05) is 13.1 Å². The highest BCUT2D eigenvalue weighted by Gasteiger charge is 2.30. The lowest BCUT2D eigenvalue weighted by atomic mass is 10.1. The van der Waals surface area contributed by atoms with Crippen LogP contribution < -0.4 is 4.74 Å². The number of sulfonamides is 1. The highest BCUT2D eigenvalue weighted by molar-refractivity contribution is 7.89. The molecule has 0 radical (unpaired) electrons. The molecule has 23 heavy (non-hydrogen) atoms. The minimum Gasteiger partial charge on any atom is -0.435 e. The van der Waals surface area contributed by atoms with Gasteiger partial charge in [0.2, 0.25) is 10.0 Å². The number of halogens is 2. The fraction of sp³-hybridized carbons (Fsp3) is 0.467. The minimum atomic E-state index is -3.45. The minimum absolute atomic E-state index is 0.0167. The summed E-state index contributed by atoms with van der Waals surface area (Å²) in [5, 5.41) is 0. The monoisotopic (exact) mass is 347 g/mol. The van der Waals surface area contributed by atoms with E-state index < -0.39 is 22.7 Å². The van der Waals surface area contributed by atoms with Crippen LogP contribution in [-0.2, 0) is 14.8 Å². The molecular weight excluding hydrogens is 328 g/mol. The maximum absolute atomic E-state index is 12.3. The first kappa shape index (κ1) is 17.8. The zero-order chi connectivity index (χ0) is 17.0. The molecular formula is C15H19F2NO4S. The molecule has 0 saturated carbocycles. The highest BCUT2D eigenvalue weighted by atomic mass is 32.2. The van der Waals surface area contributed by atoms with Gasteiger partial charge in [-0.2, -0.15) is 13.1 Å². The van der Waals surface area contributed by atoms with E-state index >= 15 is 0 Å². The molecule has 0 aliphatic carbocycles. The fourth-order valence-corrected chi connectivity index (χ4v) is 3.89. The molecule has 0 aromatic heterocycles. The summed E-state index contributed by atoms with van der Waals surface area (Å²) < 4.78 is 60.4.